The van der Waals surface area contributed by atoms with E-state index >= 15 is 0 Å². The van der Waals surface area contributed by atoms with Gasteiger partial charge in [0.15, 0.2) is 0 Å². The summed E-state index contributed by atoms with van der Waals surface area (Å²) in [5, 5.41) is 11.2. The number of piperazine rings is 1. The molecule has 1 saturated heterocycles. The molecule has 0 aliphatic carbocycles. The van der Waals surface area contributed by atoms with E-state index in [1.165, 1.54) is 7.11 Å². The molecule has 2 aliphatic heterocycles. The molecular formula is C33H35Cl2N5O4S. The van der Waals surface area contributed by atoms with Crippen molar-refractivity contribution in [1.29, 1.82) is 5.26 Å². The molecule has 1 fully saturated rings. The second kappa shape index (κ2) is 14.6. The molecule has 0 N–H and O–H groups in total. The average molecular weight is 669 g/mol. The number of nitriles is 1. The minimum absolute atomic E-state index is 0.208. The number of halogens is 2. The van der Waals surface area contributed by atoms with E-state index in [0.29, 0.717) is 83.6 Å². The van der Waals surface area contributed by atoms with Gasteiger partial charge >= 0.3 is 6.03 Å². The van der Waals surface area contributed by atoms with E-state index < -0.39 is 22.9 Å². The van der Waals surface area contributed by atoms with Gasteiger partial charge < -0.3 is 14.4 Å². The largest absolute Gasteiger partial charge is 0.495 e. The van der Waals surface area contributed by atoms with Gasteiger partial charge in [0.1, 0.15) is 29.4 Å². The van der Waals surface area contributed by atoms with Gasteiger partial charge in [0.25, 0.3) is 0 Å². The molecule has 0 aromatic heterocycles. The van der Waals surface area contributed by atoms with E-state index in [-0.39, 0.29) is 6.03 Å². The fourth-order valence-corrected chi connectivity index (χ4v) is 6.46. The van der Waals surface area contributed by atoms with Crippen LogP contribution in [-0.4, -0.2) is 89.2 Å². The number of urea groups is 1. The third-order valence-electron chi connectivity index (χ3n) is 8.00. The lowest BCUT2D eigenvalue weighted by molar-refractivity contribution is 0.122. The Bertz CT molecular complexity index is 1620. The summed E-state index contributed by atoms with van der Waals surface area (Å²) in [5.41, 5.74) is 2.53. The molecule has 1 unspecified atom stereocenters. The van der Waals surface area contributed by atoms with Gasteiger partial charge in [-0.2, -0.15) is 5.26 Å². The Kier molecular flexibility index (Phi) is 10.7. The van der Waals surface area contributed by atoms with Crippen LogP contribution in [0.5, 0.6) is 11.5 Å². The highest BCUT2D eigenvalue weighted by Gasteiger charge is 2.45. The van der Waals surface area contributed by atoms with Crippen LogP contribution in [0.2, 0.25) is 10.0 Å². The topological polar surface area (TPSA) is 98.5 Å². The number of rotatable bonds is 9. The molecule has 2 heterocycles. The van der Waals surface area contributed by atoms with Crippen molar-refractivity contribution in [2.75, 3.05) is 58.4 Å². The highest BCUT2D eigenvalue weighted by molar-refractivity contribution is 7.84. The summed E-state index contributed by atoms with van der Waals surface area (Å²) in [6.45, 7) is 5.28. The van der Waals surface area contributed by atoms with E-state index in [1.807, 2.05) is 48.2 Å². The third-order valence-corrected chi connectivity index (χ3v) is 9.26. The van der Waals surface area contributed by atoms with Crippen molar-refractivity contribution in [3.8, 4) is 17.6 Å². The minimum Gasteiger partial charge on any atom is -0.495 e. The predicted octanol–water partition coefficient (Wildman–Crippen LogP) is 5.93. The van der Waals surface area contributed by atoms with Crippen LogP contribution in [0.1, 0.15) is 41.3 Å². The number of ether oxygens (including phenoxy) is 2. The number of amides is 2. The Labute approximate surface area is 276 Å². The van der Waals surface area contributed by atoms with Gasteiger partial charge in [-0.05, 0) is 48.4 Å². The molecule has 236 valence electrons. The molecular weight excluding hydrogens is 633 g/mol. The van der Waals surface area contributed by atoms with Crippen LogP contribution in [-0.2, 0) is 10.8 Å². The second-order valence-corrected chi connectivity index (χ2v) is 13.2. The molecule has 2 amide bonds. The van der Waals surface area contributed by atoms with Crippen LogP contribution >= 0.6 is 23.2 Å². The van der Waals surface area contributed by atoms with E-state index in [2.05, 4.69) is 11.0 Å². The summed E-state index contributed by atoms with van der Waals surface area (Å²) in [4.78, 5) is 25.7. The number of carbonyl (C=O) groups is 1. The first-order valence-corrected chi connectivity index (χ1v) is 17.2. The van der Waals surface area contributed by atoms with Crippen molar-refractivity contribution in [2.45, 2.75) is 19.0 Å². The summed E-state index contributed by atoms with van der Waals surface area (Å²) < 4.78 is 23.2. The number of methoxy groups -OCH3 is 1. The maximum Gasteiger partial charge on any atom is 0.326 e. The van der Waals surface area contributed by atoms with Gasteiger partial charge in [0, 0.05) is 71.6 Å². The lowest BCUT2D eigenvalue weighted by Gasteiger charge is -2.39. The second-order valence-electron chi connectivity index (χ2n) is 10.8. The first-order valence-electron chi connectivity index (χ1n) is 14.7. The maximum atomic E-state index is 14.7. The molecule has 5 rings (SSSR count). The quantitative estimate of drug-likeness (QED) is 0.280. The molecule has 0 saturated carbocycles. The smallest absolute Gasteiger partial charge is 0.326 e. The van der Waals surface area contributed by atoms with Crippen LogP contribution in [0.15, 0.2) is 65.7 Å². The molecule has 9 nitrogen and oxygen atoms in total. The Morgan fingerprint density at radius 3 is 2.18 bits per heavy atom. The van der Waals surface area contributed by atoms with Crippen molar-refractivity contribution in [3.63, 3.8) is 0 Å². The minimum atomic E-state index is -0.881. The number of carbonyl (C=O) groups excluding carboxylic acids is 1. The first kappa shape index (κ1) is 32.8. The highest BCUT2D eigenvalue weighted by atomic mass is 35.5. The number of benzene rings is 3. The highest BCUT2D eigenvalue weighted by Crippen LogP contribution is 2.46. The normalized spacial score (nSPS) is 19.2. The molecule has 0 spiro atoms. The number of nitrogens with zero attached hydrogens (tertiary/aromatic N) is 5. The summed E-state index contributed by atoms with van der Waals surface area (Å²) >= 11 is 12.6. The summed E-state index contributed by atoms with van der Waals surface area (Å²) in [6.07, 6.45) is 1.70. The van der Waals surface area contributed by atoms with Gasteiger partial charge in [0.2, 0.25) is 0 Å². The molecule has 3 aromatic rings. The fourth-order valence-electron chi connectivity index (χ4n) is 5.69. The molecule has 3 aromatic carbocycles. The van der Waals surface area contributed by atoms with Crippen molar-refractivity contribution in [3.05, 3.63) is 93.0 Å². The van der Waals surface area contributed by atoms with Crippen molar-refractivity contribution >= 4 is 45.9 Å². The number of hydrogen-bond acceptors (Lipinski definition) is 7. The van der Waals surface area contributed by atoms with E-state index in [0.717, 1.165) is 11.1 Å². The van der Waals surface area contributed by atoms with Crippen LogP contribution in [0.3, 0.4) is 0 Å². The van der Waals surface area contributed by atoms with E-state index in [9.17, 15) is 14.3 Å². The Hall–Kier alpha value is -3.62. The summed E-state index contributed by atoms with van der Waals surface area (Å²) in [5.74, 6) is 1.81. The van der Waals surface area contributed by atoms with Crippen molar-refractivity contribution in [2.24, 2.45) is 4.99 Å². The van der Waals surface area contributed by atoms with Gasteiger partial charge in [-0.25, -0.2) is 4.79 Å². The van der Waals surface area contributed by atoms with Crippen LogP contribution in [0.4, 0.5) is 4.79 Å². The molecule has 2 aliphatic rings. The lowest BCUT2D eigenvalue weighted by atomic mass is 9.93. The SMILES string of the molecule is CCOc1cc(OC)c(C#N)cc1C1=N[C@@H](c2ccc(Cl)cc2)[C@@H](c2ccc(Cl)cc2)N1C(=O)N1CCN(CCS(C)=O)CC1. The first-order chi connectivity index (χ1) is 21.7. The van der Waals surface area contributed by atoms with Crippen molar-refractivity contribution in [1.82, 2.24) is 14.7 Å². The van der Waals surface area contributed by atoms with E-state index in [4.69, 9.17) is 37.7 Å². The number of aliphatic imine (C=N–C) groups is 1. The zero-order valence-electron chi connectivity index (χ0n) is 25.4. The Morgan fingerprint density at radius 2 is 1.62 bits per heavy atom. The zero-order valence-corrected chi connectivity index (χ0v) is 27.7. The number of hydrogen-bond donors (Lipinski definition) is 0. The number of amidine groups is 1. The standard InChI is InChI=1S/C33H35Cl2N5O4S/c1-4-44-29-20-28(43-2)24(21-36)19-27(29)32-37-30(22-5-9-25(34)10-6-22)31(23-7-11-26(35)12-8-23)40(32)33(41)39-15-13-38(14-16-39)17-18-45(3)42/h5-12,19-20,30-31H,4,13-18H2,1-3H3/t30-,31+,45?/m0/s1. The molecule has 45 heavy (non-hydrogen) atoms. The maximum absolute atomic E-state index is 14.7. The van der Waals surface area contributed by atoms with Crippen LogP contribution < -0.4 is 9.47 Å². The molecule has 0 radical (unpaired) electrons. The van der Waals surface area contributed by atoms with Crippen LogP contribution in [0.25, 0.3) is 0 Å². The third kappa shape index (κ3) is 7.28. The predicted molar refractivity (Wildman–Crippen MR) is 178 cm³/mol. The van der Waals surface area contributed by atoms with Gasteiger partial charge in [-0.15, -0.1) is 0 Å². The summed E-state index contributed by atoms with van der Waals surface area (Å²) in [6, 6.07) is 19.2. The monoisotopic (exact) mass is 667 g/mol. The van der Waals surface area contributed by atoms with E-state index in [1.54, 1.807) is 35.4 Å². The van der Waals surface area contributed by atoms with Crippen molar-refractivity contribution < 1.29 is 18.5 Å². The molecule has 12 heteroatoms. The van der Waals surface area contributed by atoms with Gasteiger partial charge in [-0.3, -0.25) is 19.0 Å². The average Bonchev–Trinajstić information content (AvgIpc) is 3.44. The van der Waals surface area contributed by atoms with Gasteiger partial charge in [-0.1, -0.05) is 47.5 Å². The Balaban J connectivity index is 1.64. The zero-order chi connectivity index (χ0) is 32.1. The molecule has 0 bridgehead atoms. The summed E-state index contributed by atoms with van der Waals surface area (Å²) in [7, 11) is 0.618. The van der Waals surface area contributed by atoms with Crippen LogP contribution in [0, 0.1) is 11.3 Å². The van der Waals surface area contributed by atoms with Gasteiger partial charge in [0.05, 0.1) is 30.9 Å². The Morgan fingerprint density at radius 1 is 1.00 bits per heavy atom. The lowest BCUT2D eigenvalue weighted by Crippen LogP contribution is -2.54. The fraction of sp³-hybridized carbons (Fsp3) is 0.364. The molecule has 3 atom stereocenters.